The molecule has 108 valence electrons. The molecule has 3 heteroatoms. The Hall–Kier alpha value is -2.16. The molecule has 1 aliphatic heterocycles. The van der Waals surface area contributed by atoms with Gasteiger partial charge in [0.2, 0.25) is 0 Å². The first-order valence-electron chi connectivity index (χ1n) is 7.27. The van der Waals surface area contributed by atoms with Crippen LogP contribution in [-0.4, -0.2) is 24.4 Å². The van der Waals surface area contributed by atoms with Crippen molar-refractivity contribution in [2.75, 3.05) is 13.6 Å². The van der Waals surface area contributed by atoms with Crippen LogP contribution in [0.4, 0.5) is 4.39 Å². The van der Waals surface area contributed by atoms with Gasteiger partial charge in [-0.1, -0.05) is 31.2 Å². The Bertz CT molecular complexity index is 708. The highest BCUT2D eigenvalue weighted by molar-refractivity contribution is 5.97. The lowest BCUT2D eigenvalue weighted by Crippen LogP contribution is -2.34. The maximum atomic E-state index is 13.9. The van der Waals surface area contributed by atoms with Crippen LogP contribution in [0.15, 0.2) is 36.4 Å². The van der Waals surface area contributed by atoms with Crippen LogP contribution in [0.1, 0.15) is 28.4 Å². The van der Waals surface area contributed by atoms with Gasteiger partial charge in [-0.25, -0.2) is 4.39 Å². The van der Waals surface area contributed by atoms with Gasteiger partial charge in [-0.15, -0.1) is 0 Å². The zero-order valence-corrected chi connectivity index (χ0v) is 12.3. The average molecular weight is 283 g/mol. The maximum absolute atomic E-state index is 13.9. The molecule has 3 rings (SSSR count). The van der Waals surface area contributed by atoms with Gasteiger partial charge in [0.15, 0.2) is 0 Å². The van der Waals surface area contributed by atoms with Gasteiger partial charge < -0.3 is 4.90 Å². The molecule has 0 saturated carbocycles. The van der Waals surface area contributed by atoms with Gasteiger partial charge in [-0.2, -0.15) is 0 Å². The van der Waals surface area contributed by atoms with Gasteiger partial charge in [0, 0.05) is 19.2 Å². The summed E-state index contributed by atoms with van der Waals surface area (Å²) in [6.45, 7) is 2.68. The number of nitrogens with zero attached hydrogens (tertiary/aromatic N) is 1. The van der Waals surface area contributed by atoms with E-state index in [2.05, 4.69) is 0 Å². The molecule has 1 aliphatic rings. The number of halogens is 1. The summed E-state index contributed by atoms with van der Waals surface area (Å²) in [6.07, 6.45) is 1.54. The van der Waals surface area contributed by atoms with Crippen molar-refractivity contribution < 1.29 is 9.18 Å². The second-order valence-corrected chi connectivity index (χ2v) is 5.51. The topological polar surface area (TPSA) is 20.3 Å². The summed E-state index contributed by atoms with van der Waals surface area (Å²) < 4.78 is 13.9. The third-order valence-electron chi connectivity index (χ3n) is 4.17. The number of benzene rings is 2. The summed E-state index contributed by atoms with van der Waals surface area (Å²) in [4.78, 5) is 13.8. The van der Waals surface area contributed by atoms with Gasteiger partial charge in [-0.3, -0.25) is 4.79 Å². The van der Waals surface area contributed by atoms with E-state index in [0.29, 0.717) is 6.42 Å². The Morgan fingerprint density at radius 1 is 1.14 bits per heavy atom. The van der Waals surface area contributed by atoms with Gasteiger partial charge in [0.1, 0.15) is 5.82 Å². The number of fused-ring (bicyclic) bond motifs is 1. The zero-order chi connectivity index (χ0) is 15.0. The van der Waals surface area contributed by atoms with E-state index >= 15 is 0 Å². The normalized spacial score (nSPS) is 14.2. The molecule has 0 bridgehead atoms. The van der Waals surface area contributed by atoms with Crippen molar-refractivity contribution in [3.05, 3.63) is 58.9 Å². The van der Waals surface area contributed by atoms with E-state index < -0.39 is 0 Å². The fourth-order valence-electron chi connectivity index (χ4n) is 2.80. The molecule has 0 N–H and O–H groups in total. The van der Waals surface area contributed by atoms with Crippen LogP contribution in [0.2, 0.25) is 0 Å². The van der Waals surface area contributed by atoms with Crippen molar-refractivity contribution in [1.29, 1.82) is 0 Å². The van der Waals surface area contributed by atoms with E-state index in [1.807, 2.05) is 44.3 Å². The molecule has 0 saturated heterocycles. The molecular weight excluding hydrogens is 265 g/mol. The lowest BCUT2D eigenvalue weighted by molar-refractivity contribution is 0.0781. The molecule has 0 spiro atoms. The molecule has 0 unspecified atom stereocenters. The second kappa shape index (κ2) is 5.32. The highest BCUT2D eigenvalue weighted by Crippen LogP contribution is 2.27. The summed E-state index contributed by atoms with van der Waals surface area (Å²) in [5.74, 6) is -0.0983. The van der Waals surface area contributed by atoms with Gasteiger partial charge in [-0.05, 0) is 47.2 Å². The molecule has 0 atom stereocenters. The van der Waals surface area contributed by atoms with Gasteiger partial charge in [0.05, 0.1) is 0 Å². The maximum Gasteiger partial charge on any atom is 0.253 e. The molecule has 0 aliphatic carbocycles. The Morgan fingerprint density at radius 3 is 2.57 bits per heavy atom. The number of aryl methyl sites for hydroxylation is 1. The number of rotatable bonds is 2. The standard InChI is InChI=1S/C18H18FNO/c1-3-12-4-5-14(11-17(12)19)13-6-7-16-15(10-13)8-9-20(2)18(16)21/h4-7,10-11H,3,8-9H2,1-2H3. The van der Waals surface area contributed by atoms with Crippen molar-refractivity contribution in [3.63, 3.8) is 0 Å². The monoisotopic (exact) mass is 283 g/mol. The van der Waals surface area contributed by atoms with Crippen LogP contribution >= 0.6 is 0 Å². The number of hydrogen-bond donors (Lipinski definition) is 0. The highest BCUT2D eigenvalue weighted by Gasteiger charge is 2.21. The van der Waals surface area contributed by atoms with Crippen molar-refractivity contribution in [3.8, 4) is 11.1 Å². The Labute approximate surface area is 124 Å². The molecule has 2 nitrogen and oxygen atoms in total. The zero-order valence-electron chi connectivity index (χ0n) is 12.3. The van der Waals surface area contributed by atoms with Crippen LogP contribution in [0.3, 0.4) is 0 Å². The third kappa shape index (κ3) is 2.44. The van der Waals surface area contributed by atoms with E-state index in [9.17, 15) is 9.18 Å². The highest BCUT2D eigenvalue weighted by atomic mass is 19.1. The fraction of sp³-hybridized carbons (Fsp3) is 0.278. The van der Waals surface area contributed by atoms with Crippen LogP contribution < -0.4 is 0 Å². The van der Waals surface area contributed by atoms with Crippen molar-refractivity contribution in [2.45, 2.75) is 19.8 Å². The molecule has 2 aromatic rings. The van der Waals surface area contributed by atoms with Crippen molar-refractivity contribution in [1.82, 2.24) is 4.90 Å². The molecule has 1 amide bonds. The lowest BCUT2D eigenvalue weighted by Gasteiger charge is -2.25. The van der Waals surface area contributed by atoms with Gasteiger partial charge in [0.25, 0.3) is 5.91 Å². The first-order chi connectivity index (χ1) is 10.1. The minimum Gasteiger partial charge on any atom is -0.341 e. The SMILES string of the molecule is CCc1ccc(-c2ccc3c(c2)CCN(C)C3=O)cc1F. The van der Waals surface area contributed by atoms with E-state index in [0.717, 1.165) is 40.8 Å². The Morgan fingerprint density at radius 2 is 1.86 bits per heavy atom. The number of carbonyl (C=O) groups is 1. The van der Waals surface area contributed by atoms with Crippen LogP contribution in [0, 0.1) is 5.82 Å². The van der Waals surface area contributed by atoms with E-state index in [1.165, 1.54) is 0 Å². The minimum atomic E-state index is -0.163. The quantitative estimate of drug-likeness (QED) is 0.823. The molecule has 1 heterocycles. The molecule has 21 heavy (non-hydrogen) atoms. The predicted octanol–water partition coefficient (Wildman–Crippen LogP) is 3.68. The summed E-state index contributed by atoms with van der Waals surface area (Å²) >= 11 is 0. The van der Waals surface area contributed by atoms with E-state index in [1.54, 1.807) is 11.0 Å². The van der Waals surface area contributed by atoms with Crippen LogP contribution in [0.5, 0.6) is 0 Å². The smallest absolute Gasteiger partial charge is 0.253 e. The second-order valence-electron chi connectivity index (χ2n) is 5.51. The Balaban J connectivity index is 2.01. The van der Waals surface area contributed by atoms with E-state index in [4.69, 9.17) is 0 Å². The summed E-state index contributed by atoms with van der Waals surface area (Å²) in [5, 5.41) is 0. The average Bonchev–Trinajstić information content (AvgIpc) is 2.50. The molecule has 0 aromatic heterocycles. The number of likely N-dealkylation sites (N-methyl/N-ethyl adjacent to an activating group) is 1. The molecule has 0 fully saturated rings. The van der Waals surface area contributed by atoms with Crippen LogP contribution in [-0.2, 0) is 12.8 Å². The first kappa shape index (κ1) is 13.8. The fourth-order valence-corrected chi connectivity index (χ4v) is 2.80. The Kier molecular flexibility index (Phi) is 3.50. The minimum absolute atomic E-state index is 0.0651. The third-order valence-corrected chi connectivity index (χ3v) is 4.17. The molecular formula is C18H18FNO. The van der Waals surface area contributed by atoms with Gasteiger partial charge >= 0.3 is 0 Å². The van der Waals surface area contributed by atoms with Crippen LogP contribution in [0.25, 0.3) is 11.1 Å². The van der Waals surface area contributed by atoms with Crippen molar-refractivity contribution >= 4 is 5.91 Å². The molecule has 0 radical (unpaired) electrons. The summed E-state index contributed by atoms with van der Waals surface area (Å²) in [7, 11) is 1.82. The molecule has 2 aromatic carbocycles. The van der Waals surface area contributed by atoms with Crippen molar-refractivity contribution in [2.24, 2.45) is 0 Å². The number of hydrogen-bond acceptors (Lipinski definition) is 1. The van der Waals surface area contributed by atoms with E-state index in [-0.39, 0.29) is 11.7 Å². The largest absolute Gasteiger partial charge is 0.341 e. The lowest BCUT2D eigenvalue weighted by atomic mass is 9.94. The number of carbonyl (C=O) groups excluding carboxylic acids is 1. The number of amides is 1. The predicted molar refractivity (Wildman–Crippen MR) is 81.9 cm³/mol. The summed E-state index contributed by atoms with van der Waals surface area (Å²) in [6, 6.07) is 11.1. The first-order valence-corrected chi connectivity index (χ1v) is 7.27. The summed E-state index contributed by atoms with van der Waals surface area (Å²) in [5.41, 5.74) is 4.37.